The zero-order chi connectivity index (χ0) is 36.8. The Labute approximate surface area is 314 Å². The van der Waals surface area contributed by atoms with E-state index in [9.17, 15) is 0 Å². The zero-order valence-corrected chi connectivity index (χ0v) is 30.3. The summed E-state index contributed by atoms with van der Waals surface area (Å²) < 4.78 is 13.2. The van der Waals surface area contributed by atoms with Crippen LogP contribution in [0.15, 0.2) is 140 Å². The van der Waals surface area contributed by atoms with Crippen LogP contribution < -0.4 is 9.47 Å². The van der Waals surface area contributed by atoms with Crippen molar-refractivity contribution in [2.45, 2.75) is 27.7 Å². The molecular weight excluding hydrogens is 667 g/mol. The highest BCUT2D eigenvalue weighted by Gasteiger charge is 2.25. The van der Waals surface area contributed by atoms with E-state index in [4.69, 9.17) is 34.4 Å². The van der Waals surface area contributed by atoms with E-state index < -0.39 is 0 Å². The van der Waals surface area contributed by atoms with Gasteiger partial charge in [0.15, 0.2) is 40.5 Å². The second-order valence-electron chi connectivity index (χ2n) is 13.5. The monoisotopic (exact) mass is 701 g/mol. The molecule has 0 atom stereocenters. The Morgan fingerprint density at radius 2 is 0.722 bits per heavy atom. The number of aryl methyl sites for hydroxylation is 4. The molecule has 1 aliphatic rings. The van der Waals surface area contributed by atoms with Crippen LogP contribution in [-0.2, 0) is 0 Å². The summed E-state index contributed by atoms with van der Waals surface area (Å²) in [5.74, 6) is 4.10. The number of aromatic nitrogens is 5. The molecular formula is C47H35N5O2. The molecule has 3 aromatic heterocycles. The molecule has 0 bridgehead atoms. The minimum atomic E-state index is 0.530. The lowest BCUT2D eigenvalue weighted by molar-refractivity contribution is 0.360. The molecule has 8 aromatic rings. The van der Waals surface area contributed by atoms with Gasteiger partial charge < -0.3 is 9.47 Å². The first kappa shape index (κ1) is 32.9. The number of hydrogen-bond acceptors (Lipinski definition) is 7. The summed E-state index contributed by atoms with van der Waals surface area (Å²) in [5.41, 5.74) is 12.7. The fraction of sp³-hybridized carbons (Fsp3) is 0.0851. The summed E-state index contributed by atoms with van der Waals surface area (Å²) in [7, 11) is 0. The average molecular weight is 702 g/mol. The number of rotatable bonds is 6. The summed E-state index contributed by atoms with van der Waals surface area (Å²) in [6.07, 6.45) is 0. The van der Waals surface area contributed by atoms with Gasteiger partial charge in [-0.15, -0.1) is 0 Å². The molecule has 0 unspecified atom stereocenters. The molecule has 1 aliphatic heterocycles. The van der Waals surface area contributed by atoms with Crippen molar-refractivity contribution in [3.63, 3.8) is 0 Å². The minimum Gasteiger partial charge on any atom is -0.449 e. The summed E-state index contributed by atoms with van der Waals surface area (Å²) in [4.78, 5) is 24.4. The van der Waals surface area contributed by atoms with Crippen molar-refractivity contribution in [2.75, 3.05) is 0 Å². The Morgan fingerprint density at radius 1 is 0.315 bits per heavy atom. The van der Waals surface area contributed by atoms with Crippen molar-refractivity contribution in [2.24, 2.45) is 0 Å². The van der Waals surface area contributed by atoms with E-state index in [-0.39, 0.29) is 0 Å². The van der Waals surface area contributed by atoms with Crippen LogP contribution in [0.3, 0.4) is 0 Å². The van der Waals surface area contributed by atoms with E-state index in [1.165, 1.54) is 0 Å². The summed E-state index contributed by atoms with van der Waals surface area (Å²) in [5, 5.41) is 0. The number of benzene rings is 5. The highest BCUT2D eigenvalue weighted by Crippen LogP contribution is 2.51. The average Bonchev–Trinajstić information content (AvgIpc) is 3.20. The van der Waals surface area contributed by atoms with Gasteiger partial charge in [0.25, 0.3) is 0 Å². The van der Waals surface area contributed by atoms with Crippen LogP contribution in [0.25, 0.3) is 67.5 Å². The summed E-state index contributed by atoms with van der Waals surface area (Å²) in [6.45, 7) is 8.08. The first-order valence-electron chi connectivity index (χ1n) is 17.9. The van der Waals surface area contributed by atoms with Crippen molar-refractivity contribution in [1.29, 1.82) is 0 Å². The van der Waals surface area contributed by atoms with Crippen LogP contribution in [0.1, 0.15) is 22.8 Å². The van der Waals surface area contributed by atoms with Gasteiger partial charge in [-0.05, 0) is 92.4 Å². The van der Waals surface area contributed by atoms with E-state index in [0.717, 1.165) is 72.8 Å². The Bertz CT molecular complexity index is 2690. The number of hydrogen-bond donors (Lipinski definition) is 0. The number of nitrogens with zero attached hydrogens (tertiary/aromatic N) is 5. The minimum absolute atomic E-state index is 0.530. The van der Waals surface area contributed by atoms with Gasteiger partial charge >= 0.3 is 0 Å². The van der Waals surface area contributed by atoms with Gasteiger partial charge in [0, 0.05) is 50.6 Å². The highest BCUT2D eigenvalue weighted by atomic mass is 16.6. The van der Waals surface area contributed by atoms with E-state index in [1.54, 1.807) is 0 Å². The molecule has 0 fully saturated rings. The third-order valence-corrected chi connectivity index (χ3v) is 9.67. The lowest BCUT2D eigenvalue weighted by Crippen LogP contribution is -2.03. The summed E-state index contributed by atoms with van der Waals surface area (Å²) >= 11 is 0. The van der Waals surface area contributed by atoms with Crippen molar-refractivity contribution in [3.8, 4) is 90.5 Å². The molecule has 0 radical (unpaired) electrons. The van der Waals surface area contributed by atoms with Crippen LogP contribution in [0.5, 0.6) is 23.0 Å². The topological polar surface area (TPSA) is 82.9 Å². The van der Waals surface area contributed by atoms with E-state index >= 15 is 0 Å². The molecule has 9 rings (SSSR count). The molecule has 0 saturated carbocycles. The van der Waals surface area contributed by atoms with Crippen molar-refractivity contribution >= 4 is 0 Å². The van der Waals surface area contributed by atoms with Crippen LogP contribution in [0.4, 0.5) is 0 Å². The van der Waals surface area contributed by atoms with Crippen molar-refractivity contribution < 1.29 is 9.47 Å². The molecule has 0 amide bonds. The van der Waals surface area contributed by atoms with Gasteiger partial charge in [-0.2, -0.15) is 0 Å². The normalized spacial score (nSPS) is 11.6. The molecule has 0 spiro atoms. The van der Waals surface area contributed by atoms with Crippen LogP contribution in [-0.4, -0.2) is 24.9 Å². The van der Waals surface area contributed by atoms with Gasteiger partial charge in [0.05, 0.1) is 0 Å². The molecule has 5 aromatic carbocycles. The second kappa shape index (κ2) is 13.5. The Balaban J connectivity index is 1.12. The number of fused-ring (bicyclic) bond motifs is 2. The van der Waals surface area contributed by atoms with E-state index in [0.29, 0.717) is 40.5 Å². The lowest BCUT2D eigenvalue weighted by atomic mass is 9.92. The SMILES string of the molecule is Cc1ccc(-c2cc3c(cc2-c2ccc(C)nc2C)Oc2cc(-c4nc(-c5ccccc5)nc(-c5ccc(-c6ccccc6)cc5)n4)ccc2O3)c(C)n1. The predicted molar refractivity (Wildman–Crippen MR) is 214 cm³/mol. The van der Waals surface area contributed by atoms with E-state index in [1.807, 2.05) is 119 Å². The maximum absolute atomic E-state index is 6.66. The van der Waals surface area contributed by atoms with Gasteiger partial charge in [-0.25, -0.2) is 15.0 Å². The predicted octanol–water partition coefficient (Wildman–Crippen LogP) is 11.8. The standard InChI is InChI=1S/C47H35N5O2/c1-28-15-22-37(30(3)48-28)39-26-43-44(27-40(39)38-23-16-29(2)49-31(38)4)54-42-25-36(21-24-41(42)53-43)47-51-45(34-13-9-6-10-14-34)50-46(52-47)35-19-17-33(18-20-35)32-11-7-5-8-12-32/h5-27H,1-4H3. The second-order valence-corrected chi connectivity index (χ2v) is 13.5. The maximum atomic E-state index is 6.66. The smallest absolute Gasteiger partial charge is 0.170 e. The third kappa shape index (κ3) is 6.26. The Hall–Kier alpha value is -6.99. The quantitative estimate of drug-likeness (QED) is 0.171. The van der Waals surface area contributed by atoms with Crippen LogP contribution in [0, 0.1) is 27.7 Å². The highest BCUT2D eigenvalue weighted by molar-refractivity contribution is 5.88. The van der Waals surface area contributed by atoms with E-state index in [2.05, 4.69) is 48.5 Å². The van der Waals surface area contributed by atoms with Crippen LogP contribution >= 0.6 is 0 Å². The first-order chi connectivity index (χ1) is 26.4. The third-order valence-electron chi connectivity index (χ3n) is 9.67. The zero-order valence-electron chi connectivity index (χ0n) is 30.3. The van der Waals surface area contributed by atoms with Gasteiger partial charge in [0.1, 0.15) is 0 Å². The molecule has 260 valence electrons. The fourth-order valence-electron chi connectivity index (χ4n) is 6.95. The Morgan fingerprint density at radius 3 is 1.26 bits per heavy atom. The molecule has 7 heteroatoms. The molecule has 4 heterocycles. The van der Waals surface area contributed by atoms with Crippen molar-refractivity contribution in [3.05, 3.63) is 162 Å². The molecule has 0 aliphatic carbocycles. The largest absolute Gasteiger partial charge is 0.449 e. The first-order valence-corrected chi connectivity index (χ1v) is 17.9. The molecule has 7 nitrogen and oxygen atoms in total. The van der Waals surface area contributed by atoms with Gasteiger partial charge in [-0.1, -0.05) is 97.1 Å². The molecule has 0 saturated heterocycles. The van der Waals surface area contributed by atoms with Crippen LogP contribution in [0.2, 0.25) is 0 Å². The number of ether oxygens (including phenoxy) is 2. The molecule has 0 N–H and O–H groups in total. The van der Waals surface area contributed by atoms with Gasteiger partial charge in [0.2, 0.25) is 0 Å². The fourth-order valence-corrected chi connectivity index (χ4v) is 6.95. The summed E-state index contributed by atoms with van der Waals surface area (Å²) in [6, 6.07) is 46.8. The molecule has 54 heavy (non-hydrogen) atoms. The maximum Gasteiger partial charge on any atom is 0.170 e. The lowest BCUT2D eigenvalue weighted by Gasteiger charge is -2.24. The number of pyridine rings is 2. The van der Waals surface area contributed by atoms with Crippen molar-refractivity contribution in [1.82, 2.24) is 24.9 Å². The Kier molecular flexibility index (Phi) is 8.24. The van der Waals surface area contributed by atoms with Gasteiger partial charge in [-0.3, -0.25) is 9.97 Å².